The Balaban J connectivity index is 1.61. The summed E-state index contributed by atoms with van der Waals surface area (Å²) < 4.78 is 61.5. The minimum absolute atomic E-state index is 0.00557. The van der Waals surface area contributed by atoms with Crippen LogP contribution in [0.5, 0.6) is 0 Å². The summed E-state index contributed by atoms with van der Waals surface area (Å²) >= 11 is 0. The number of amides is 2. The zero-order valence-electron chi connectivity index (χ0n) is 22.7. The van der Waals surface area contributed by atoms with Gasteiger partial charge in [0.2, 0.25) is 5.91 Å². The number of piperidine rings is 1. The van der Waals surface area contributed by atoms with Gasteiger partial charge in [0.05, 0.1) is 11.5 Å². The Hall–Kier alpha value is -3.14. The third-order valence-corrected chi connectivity index (χ3v) is 7.84. The Morgan fingerprint density at radius 3 is 2.08 bits per heavy atom. The van der Waals surface area contributed by atoms with E-state index in [2.05, 4.69) is 0 Å². The van der Waals surface area contributed by atoms with Crippen LogP contribution in [0.2, 0.25) is 0 Å². The van der Waals surface area contributed by atoms with Crippen LogP contribution in [0.4, 0.5) is 22.4 Å². The lowest BCUT2D eigenvalue weighted by Crippen LogP contribution is -2.57. The average Bonchev–Trinajstić information content (AvgIpc) is 3.27. The Morgan fingerprint density at radius 1 is 0.872 bits per heavy atom. The number of benzene rings is 2. The molecule has 39 heavy (non-hydrogen) atoms. The number of hydrogen-bond acceptors (Lipinski definition) is 4. The third-order valence-electron chi connectivity index (χ3n) is 7.84. The molecule has 2 aliphatic rings. The molecule has 0 bridgehead atoms. The quantitative estimate of drug-likeness (QED) is 0.534. The molecule has 10 heteroatoms. The zero-order chi connectivity index (χ0) is 28.9. The zero-order valence-corrected chi connectivity index (χ0v) is 22.7. The number of halogens is 4. The summed E-state index contributed by atoms with van der Waals surface area (Å²) in [6, 6.07) is 6.43. The molecule has 4 rings (SSSR count). The van der Waals surface area contributed by atoms with Crippen molar-refractivity contribution in [2.24, 2.45) is 17.8 Å². The monoisotopic (exact) mass is 550 g/mol. The van der Waals surface area contributed by atoms with Crippen LogP contribution in [-0.2, 0) is 15.1 Å². The maximum absolute atomic E-state index is 14.9. The fourth-order valence-corrected chi connectivity index (χ4v) is 5.88. The van der Waals surface area contributed by atoms with Gasteiger partial charge in [-0.25, -0.2) is 22.4 Å². The van der Waals surface area contributed by atoms with E-state index in [1.165, 1.54) is 17.0 Å². The van der Waals surface area contributed by atoms with Crippen LogP contribution in [0.3, 0.4) is 0 Å². The van der Waals surface area contributed by atoms with Crippen molar-refractivity contribution in [3.05, 3.63) is 70.8 Å². The average molecular weight is 551 g/mol. The van der Waals surface area contributed by atoms with Gasteiger partial charge in [0, 0.05) is 50.0 Å². The molecule has 0 spiro atoms. The minimum Gasteiger partial charge on any atom is -0.444 e. The maximum atomic E-state index is 14.9. The number of hydrogen-bond donors (Lipinski definition) is 1. The summed E-state index contributed by atoms with van der Waals surface area (Å²) in [6.07, 6.45) is -0.640. The van der Waals surface area contributed by atoms with Gasteiger partial charge in [0.1, 0.15) is 17.2 Å². The topological polar surface area (TPSA) is 70.1 Å². The molecule has 212 valence electrons. The van der Waals surface area contributed by atoms with E-state index in [9.17, 15) is 32.3 Å². The van der Waals surface area contributed by atoms with Crippen LogP contribution in [0, 0.1) is 41.0 Å². The lowest BCUT2D eigenvalue weighted by Gasteiger charge is -2.48. The molecule has 0 aliphatic carbocycles. The van der Waals surface area contributed by atoms with Crippen LogP contribution in [0.25, 0.3) is 0 Å². The van der Waals surface area contributed by atoms with E-state index >= 15 is 0 Å². The van der Waals surface area contributed by atoms with E-state index in [1.54, 1.807) is 39.5 Å². The van der Waals surface area contributed by atoms with Crippen molar-refractivity contribution < 1.29 is 37.0 Å². The van der Waals surface area contributed by atoms with Crippen molar-refractivity contribution >= 4 is 12.0 Å². The Morgan fingerprint density at radius 2 is 1.51 bits per heavy atom. The fraction of sp³-hybridized carbons (Fsp3) is 0.517. The predicted molar refractivity (Wildman–Crippen MR) is 136 cm³/mol. The molecule has 0 aromatic heterocycles. The first kappa shape index (κ1) is 28.9. The van der Waals surface area contributed by atoms with Crippen LogP contribution in [0.15, 0.2) is 36.4 Å². The van der Waals surface area contributed by atoms with E-state index in [-0.39, 0.29) is 43.2 Å². The third kappa shape index (κ3) is 5.62. The van der Waals surface area contributed by atoms with E-state index in [0.717, 1.165) is 24.3 Å². The number of aliphatic hydroxyl groups is 1. The SMILES string of the molecule is C[C@@H]1CN(C(=O)[C@@H]2CN(C(=O)OC(C)(C)C)C[C@H]2c2ccc(F)cc2F)C[C@H](C)[C@@]1(O)c1ccc(F)c(F)c1. The summed E-state index contributed by atoms with van der Waals surface area (Å²) in [4.78, 5) is 29.7. The molecule has 6 nitrogen and oxygen atoms in total. The van der Waals surface area contributed by atoms with E-state index in [4.69, 9.17) is 4.74 Å². The van der Waals surface area contributed by atoms with Gasteiger partial charge in [-0.1, -0.05) is 26.0 Å². The van der Waals surface area contributed by atoms with Gasteiger partial charge < -0.3 is 19.6 Å². The second kappa shape index (κ2) is 10.4. The molecule has 0 saturated carbocycles. The molecule has 2 saturated heterocycles. The van der Waals surface area contributed by atoms with Gasteiger partial charge >= 0.3 is 6.09 Å². The Bertz CT molecular complexity index is 1250. The van der Waals surface area contributed by atoms with Gasteiger partial charge in [0.25, 0.3) is 0 Å². The van der Waals surface area contributed by atoms with Crippen LogP contribution < -0.4 is 0 Å². The second-order valence-electron chi connectivity index (χ2n) is 11.8. The number of carbonyl (C=O) groups excluding carboxylic acids is 2. The van der Waals surface area contributed by atoms with Crippen molar-refractivity contribution in [2.45, 2.75) is 51.7 Å². The van der Waals surface area contributed by atoms with Gasteiger partial charge in [-0.05, 0) is 50.1 Å². The lowest BCUT2D eigenvalue weighted by molar-refractivity contribution is -0.152. The van der Waals surface area contributed by atoms with Gasteiger partial charge in [0.15, 0.2) is 11.6 Å². The van der Waals surface area contributed by atoms with Crippen LogP contribution >= 0.6 is 0 Å². The van der Waals surface area contributed by atoms with Crippen molar-refractivity contribution in [1.29, 1.82) is 0 Å². The van der Waals surface area contributed by atoms with Crippen molar-refractivity contribution in [1.82, 2.24) is 9.80 Å². The number of likely N-dealkylation sites (tertiary alicyclic amines) is 2. The number of carbonyl (C=O) groups is 2. The Kier molecular flexibility index (Phi) is 7.73. The molecule has 1 N–H and O–H groups in total. The molecule has 2 amide bonds. The molecule has 0 radical (unpaired) electrons. The van der Waals surface area contributed by atoms with Crippen LogP contribution in [-0.4, -0.2) is 58.7 Å². The van der Waals surface area contributed by atoms with Gasteiger partial charge in [-0.2, -0.15) is 0 Å². The number of nitrogens with zero attached hydrogens (tertiary/aromatic N) is 2. The lowest BCUT2D eigenvalue weighted by atomic mass is 9.70. The highest BCUT2D eigenvalue weighted by molar-refractivity contribution is 5.82. The molecule has 5 atom stereocenters. The number of ether oxygens (including phenoxy) is 1. The molecule has 2 aromatic carbocycles. The summed E-state index contributed by atoms with van der Waals surface area (Å²) in [5.41, 5.74) is -1.96. The number of rotatable bonds is 3. The predicted octanol–water partition coefficient (Wildman–Crippen LogP) is 5.20. The van der Waals surface area contributed by atoms with E-state index in [0.29, 0.717) is 0 Å². The maximum Gasteiger partial charge on any atom is 0.410 e. The highest BCUT2D eigenvalue weighted by atomic mass is 19.2. The standard InChI is InChI=1S/C29H34F4N2O4/c1-16-12-34(13-17(2)29(16,38)18-6-9-23(31)25(33)10-18)26(36)22-15-35(27(37)39-28(3,4)5)14-21(22)20-8-7-19(30)11-24(20)32/h6-11,16-17,21-22,38H,12-15H2,1-5H3/t16-,17+,21-,22+,29-/m0/s1. The normalized spacial score (nSPS) is 27.5. The van der Waals surface area contributed by atoms with Crippen molar-refractivity contribution in [3.8, 4) is 0 Å². The van der Waals surface area contributed by atoms with E-state index < -0.39 is 64.2 Å². The first-order valence-electron chi connectivity index (χ1n) is 13.0. The molecule has 2 fully saturated rings. The molecule has 0 unspecified atom stereocenters. The summed E-state index contributed by atoms with van der Waals surface area (Å²) in [6.45, 7) is 8.75. The molecular weight excluding hydrogens is 516 g/mol. The summed E-state index contributed by atoms with van der Waals surface area (Å²) in [5, 5.41) is 11.6. The van der Waals surface area contributed by atoms with Crippen molar-refractivity contribution in [3.63, 3.8) is 0 Å². The molecule has 2 aromatic rings. The first-order chi connectivity index (χ1) is 18.1. The van der Waals surface area contributed by atoms with Gasteiger partial charge in [-0.3, -0.25) is 4.79 Å². The second-order valence-corrected chi connectivity index (χ2v) is 11.8. The smallest absolute Gasteiger partial charge is 0.410 e. The molecule has 2 heterocycles. The highest BCUT2D eigenvalue weighted by Crippen LogP contribution is 2.43. The highest BCUT2D eigenvalue weighted by Gasteiger charge is 2.50. The van der Waals surface area contributed by atoms with Gasteiger partial charge in [-0.15, -0.1) is 0 Å². The minimum atomic E-state index is -1.52. The largest absolute Gasteiger partial charge is 0.444 e. The summed E-state index contributed by atoms with van der Waals surface area (Å²) in [7, 11) is 0. The van der Waals surface area contributed by atoms with E-state index in [1.807, 2.05) is 0 Å². The van der Waals surface area contributed by atoms with Crippen LogP contribution in [0.1, 0.15) is 51.7 Å². The summed E-state index contributed by atoms with van der Waals surface area (Å²) in [5.74, 6) is -6.70. The Labute approximate surface area is 225 Å². The first-order valence-corrected chi connectivity index (χ1v) is 13.0. The molecular formula is C29H34F4N2O4. The fourth-order valence-electron chi connectivity index (χ4n) is 5.88. The van der Waals surface area contributed by atoms with Crippen molar-refractivity contribution in [2.75, 3.05) is 26.2 Å². The molecule has 2 aliphatic heterocycles.